The van der Waals surface area contributed by atoms with Crippen molar-refractivity contribution >= 4 is 24.8 Å². The third-order valence-electron chi connectivity index (χ3n) is 4.39. The summed E-state index contributed by atoms with van der Waals surface area (Å²) >= 11 is 0. The van der Waals surface area contributed by atoms with Gasteiger partial charge in [-0.3, -0.25) is 4.90 Å². The second-order valence-corrected chi connectivity index (χ2v) is 6.73. The summed E-state index contributed by atoms with van der Waals surface area (Å²) < 4.78 is 5.15. The molecule has 0 saturated carbocycles. The lowest BCUT2D eigenvalue weighted by atomic mass is 10.2. The lowest BCUT2D eigenvalue weighted by molar-refractivity contribution is 0.202. The van der Waals surface area contributed by atoms with Crippen LogP contribution in [0.25, 0.3) is 0 Å². The number of benzene rings is 2. The molecule has 6 nitrogen and oxygen atoms in total. The molecule has 0 bridgehead atoms. The lowest BCUT2D eigenvalue weighted by Crippen LogP contribution is -2.32. The third-order valence-corrected chi connectivity index (χ3v) is 4.39. The molecule has 2 aromatic carbocycles. The zero-order valence-corrected chi connectivity index (χ0v) is 18.2. The number of hydrogen-bond donors (Lipinski definition) is 1. The molecular formula is C21H29Cl2N5O. The molecule has 3 aromatic rings. The minimum atomic E-state index is 0. The fourth-order valence-corrected chi connectivity index (χ4v) is 2.98. The zero-order valence-electron chi connectivity index (χ0n) is 16.6. The van der Waals surface area contributed by atoms with Gasteiger partial charge < -0.3 is 15.2 Å². The predicted octanol–water partition coefficient (Wildman–Crippen LogP) is 3.51. The monoisotopic (exact) mass is 437 g/mol. The van der Waals surface area contributed by atoms with Crippen molar-refractivity contribution in [3.05, 3.63) is 83.5 Å². The summed E-state index contributed by atoms with van der Waals surface area (Å²) in [4.78, 5) is 9.01. The SMILES string of the molecule is CN(CCN(Cc1ccccc1)Cc1noc(CN)n1)Cc1ccccc1.Cl.Cl. The normalized spacial score (nSPS) is 10.6. The van der Waals surface area contributed by atoms with Crippen LogP contribution >= 0.6 is 24.8 Å². The second kappa shape index (κ2) is 13.3. The van der Waals surface area contributed by atoms with Gasteiger partial charge in [-0.2, -0.15) is 4.98 Å². The molecule has 158 valence electrons. The van der Waals surface area contributed by atoms with Crippen LogP contribution in [0.4, 0.5) is 0 Å². The average molecular weight is 438 g/mol. The van der Waals surface area contributed by atoms with Crippen LogP contribution in [0.15, 0.2) is 65.2 Å². The van der Waals surface area contributed by atoms with Gasteiger partial charge in [0.1, 0.15) is 0 Å². The van der Waals surface area contributed by atoms with Gasteiger partial charge in [-0.25, -0.2) is 0 Å². The first-order valence-corrected chi connectivity index (χ1v) is 9.23. The molecule has 0 fully saturated rings. The Morgan fingerprint density at radius 3 is 1.97 bits per heavy atom. The highest BCUT2D eigenvalue weighted by molar-refractivity contribution is 5.85. The van der Waals surface area contributed by atoms with Gasteiger partial charge in [0.2, 0.25) is 5.89 Å². The maximum Gasteiger partial charge on any atom is 0.240 e. The molecule has 1 heterocycles. The summed E-state index contributed by atoms with van der Waals surface area (Å²) in [5.74, 6) is 1.16. The van der Waals surface area contributed by atoms with Crippen LogP contribution in [0, 0.1) is 0 Å². The van der Waals surface area contributed by atoms with E-state index in [0.717, 1.165) is 26.2 Å². The standard InChI is InChI=1S/C21H27N5O.2ClH/c1-25(15-18-8-4-2-5-9-18)12-13-26(16-19-10-6-3-7-11-19)17-20-23-21(14-22)27-24-20;;/h2-11H,12-17,22H2,1H3;2*1H. The van der Waals surface area contributed by atoms with Crippen LogP contribution in [-0.2, 0) is 26.2 Å². The first-order valence-electron chi connectivity index (χ1n) is 9.23. The zero-order chi connectivity index (χ0) is 18.9. The summed E-state index contributed by atoms with van der Waals surface area (Å²) in [7, 11) is 2.15. The molecule has 0 unspecified atom stereocenters. The largest absolute Gasteiger partial charge is 0.338 e. The number of nitrogens with two attached hydrogens (primary N) is 1. The van der Waals surface area contributed by atoms with Crippen LogP contribution in [0.2, 0.25) is 0 Å². The Kier molecular flexibility index (Phi) is 11.5. The van der Waals surface area contributed by atoms with Crippen LogP contribution in [0.3, 0.4) is 0 Å². The van der Waals surface area contributed by atoms with E-state index in [9.17, 15) is 0 Å². The van der Waals surface area contributed by atoms with E-state index in [1.54, 1.807) is 0 Å². The van der Waals surface area contributed by atoms with E-state index in [0.29, 0.717) is 18.3 Å². The van der Waals surface area contributed by atoms with Crippen LogP contribution in [0.1, 0.15) is 22.8 Å². The molecule has 0 saturated heterocycles. The molecule has 0 aliphatic rings. The Labute approximate surface area is 184 Å². The fourth-order valence-electron chi connectivity index (χ4n) is 2.98. The molecule has 0 amide bonds. The molecule has 0 atom stereocenters. The van der Waals surface area contributed by atoms with Gasteiger partial charge in [-0.15, -0.1) is 24.8 Å². The highest BCUT2D eigenvalue weighted by atomic mass is 35.5. The summed E-state index contributed by atoms with van der Waals surface area (Å²) in [5.41, 5.74) is 8.16. The molecule has 0 spiro atoms. The molecule has 3 rings (SSSR count). The Hall–Kier alpha value is -1.96. The predicted molar refractivity (Wildman–Crippen MR) is 120 cm³/mol. The third kappa shape index (κ3) is 8.51. The summed E-state index contributed by atoms with van der Waals surface area (Å²) in [6.45, 7) is 4.53. The first kappa shape index (κ1) is 25.1. The fraction of sp³-hybridized carbons (Fsp3) is 0.333. The number of aromatic nitrogens is 2. The first-order chi connectivity index (χ1) is 13.2. The molecule has 29 heavy (non-hydrogen) atoms. The lowest BCUT2D eigenvalue weighted by Gasteiger charge is -2.24. The Bertz CT molecular complexity index is 801. The van der Waals surface area contributed by atoms with Crippen molar-refractivity contribution in [1.82, 2.24) is 19.9 Å². The van der Waals surface area contributed by atoms with Gasteiger partial charge in [0, 0.05) is 26.2 Å². The topological polar surface area (TPSA) is 71.4 Å². The van der Waals surface area contributed by atoms with Crippen molar-refractivity contribution in [2.45, 2.75) is 26.2 Å². The van der Waals surface area contributed by atoms with E-state index < -0.39 is 0 Å². The van der Waals surface area contributed by atoms with Crippen LogP contribution in [0.5, 0.6) is 0 Å². The Balaban J connectivity index is 0.00000210. The maximum absolute atomic E-state index is 5.57. The molecule has 8 heteroatoms. The van der Waals surface area contributed by atoms with Crippen LogP contribution < -0.4 is 5.73 Å². The average Bonchev–Trinajstić information content (AvgIpc) is 3.15. The van der Waals surface area contributed by atoms with Crippen LogP contribution in [-0.4, -0.2) is 40.1 Å². The molecule has 2 N–H and O–H groups in total. The van der Waals surface area contributed by atoms with Gasteiger partial charge >= 0.3 is 0 Å². The molecule has 0 aliphatic carbocycles. The van der Waals surface area contributed by atoms with Gasteiger partial charge in [0.25, 0.3) is 0 Å². The van der Waals surface area contributed by atoms with Crippen molar-refractivity contribution in [2.75, 3.05) is 20.1 Å². The minimum Gasteiger partial charge on any atom is -0.338 e. The number of hydrogen-bond acceptors (Lipinski definition) is 6. The van der Waals surface area contributed by atoms with Gasteiger partial charge in [0.15, 0.2) is 5.82 Å². The molecule has 1 aromatic heterocycles. The van der Waals surface area contributed by atoms with Gasteiger partial charge in [-0.1, -0.05) is 65.8 Å². The number of rotatable bonds is 10. The Morgan fingerprint density at radius 2 is 1.41 bits per heavy atom. The molecule has 0 aliphatic heterocycles. The highest BCUT2D eigenvalue weighted by Gasteiger charge is 2.13. The van der Waals surface area contributed by atoms with Gasteiger partial charge in [0.05, 0.1) is 13.1 Å². The smallest absolute Gasteiger partial charge is 0.240 e. The molecular weight excluding hydrogens is 409 g/mol. The second-order valence-electron chi connectivity index (χ2n) is 6.73. The van der Waals surface area contributed by atoms with E-state index in [1.165, 1.54) is 11.1 Å². The van der Waals surface area contributed by atoms with Crippen molar-refractivity contribution in [3.63, 3.8) is 0 Å². The van der Waals surface area contributed by atoms with Crippen molar-refractivity contribution in [2.24, 2.45) is 5.73 Å². The van der Waals surface area contributed by atoms with Gasteiger partial charge in [-0.05, 0) is 18.2 Å². The summed E-state index contributed by atoms with van der Waals surface area (Å²) in [6.07, 6.45) is 0. The summed E-state index contributed by atoms with van der Waals surface area (Å²) in [6, 6.07) is 21.0. The number of nitrogens with zero attached hydrogens (tertiary/aromatic N) is 4. The molecule has 0 radical (unpaired) electrons. The van der Waals surface area contributed by atoms with Crippen molar-refractivity contribution in [3.8, 4) is 0 Å². The Morgan fingerprint density at radius 1 is 0.828 bits per heavy atom. The van der Waals surface area contributed by atoms with E-state index in [4.69, 9.17) is 10.3 Å². The van der Waals surface area contributed by atoms with Crippen molar-refractivity contribution in [1.29, 1.82) is 0 Å². The van der Waals surface area contributed by atoms with E-state index in [-0.39, 0.29) is 31.4 Å². The number of halogens is 2. The van der Waals surface area contributed by atoms with E-state index >= 15 is 0 Å². The van der Waals surface area contributed by atoms with E-state index in [1.807, 2.05) is 12.1 Å². The van der Waals surface area contributed by atoms with E-state index in [2.05, 4.69) is 75.5 Å². The summed E-state index contributed by atoms with van der Waals surface area (Å²) in [5, 5.41) is 4.04. The quantitative estimate of drug-likeness (QED) is 0.523. The maximum atomic E-state index is 5.57. The van der Waals surface area contributed by atoms with Crippen molar-refractivity contribution < 1.29 is 4.52 Å². The minimum absolute atomic E-state index is 0. The number of likely N-dealkylation sites (N-methyl/N-ethyl adjacent to an activating group) is 1. The highest BCUT2D eigenvalue weighted by Crippen LogP contribution is 2.09.